The van der Waals surface area contributed by atoms with E-state index >= 15 is 0 Å². The van der Waals surface area contributed by atoms with Crippen LogP contribution >= 0.6 is 12.9 Å². The first-order chi connectivity index (χ1) is 5.67. The van der Waals surface area contributed by atoms with Gasteiger partial charge in [0.05, 0.1) is 13.0 Å². The van der Waals surface area contributed by atoms with Crippen LogP contribution in [-0.4, -0.2) is 7.11 Å². The van der Waals surface area contributed by atoms with Gasteiger partial charge >= 0.3 is 0 Å². The Hall–Kier alpha value is -0.830. The molecule has 0 aromatic rings. The molecule has 0 heterocycles. The van der Waals surface area contributed by atoms with Crippen LogP contribution in [0.25, 0.3) is 0 Å². The Morgan fingerprint density at radius 1 is 1.42 bits per heavy atom. The third-order valence-corrected chi connectivity index (χ3v) is 1.69. The first-order valence-electron chi connectivity index (χ1n) is 3.53. The molecule has 0 aromatic heterocycles. The van der Waals surface area contributed by atoms with Crippen molar-refractivity contribution in [2.24, 2.45) is 5.92 Å². The summed E-state index contributed by atoms with van der Waals surface area (Å²) in [6.07, 6.45) is 3.76. The molecule has 3 heteroatoms. The van der Waals surface area contributed by atoms with Gasteiger partial charge in [0, 0.05) is 12.9 Å². The SMILES string of the molecule is C=C(OC)C(/C=C\C)C(=C)OS. The molecule has 0 aliphatic carbocycles. The number of ether oxygens (including phenoxy) is 1. The van der Waals surface area contributed by atoms with Crippen LogP contribution in [0.2, 0.25) is 0 Å². The van der Waals surface area contributed by atoms with Crippen molar-refractivity contribution in [2.45, 2.75) is 6.92 Å². The van der Waals surface area contributed by atoms with E-state index in [-0.39, 0.29) is 5.92 Å². The lowest BCUT2D eigenvalue weighted by molar-refractivity contribution is 0.253. The summed E-state index contributed by atoms with van der Waals surface area (Å²) in [5.74, 6) is 0.966. The fourth-order valence-electron chi connectivity index (χ4n) is 0.770. The average molecular weight is 186 g/mol. The lowest BCUT2D eigenvalue weighted by Gasteiger charge is -2.14. The Morgan fingerprint density at radius 3 is 2.33 bits per heavy atom. The lowest BCUT2D eigenvalue weighted by atomic mass is 10.1. The van der Waals surface area contributed by atoms with E-state index in [1.165, 1.54) is 0 Å². The van der Waals surface area contributed by atoms with E-state index in [2.05, 4.69) is 26.1 Å². The highest BCUT2D eigenvalue weighted by Crippen LogP contribution is 2.21. The third-order valence-electron chi connectivity index (χ3n) is 1.46. The minimum absolute atomic E-state index is 0.127. The van der Waals surface area contributed by atoms with Gasteiger partial charge in [0.25, 0.3) is 0 Å². The molecule has 0 aromatic carbocycles. The van der Waals surface area contributed by atoms with Crippen molar-refractivity contribution in [1.82, 2.24) is 0 Å². The van der Waals surface area contributed by atoms with Crippen molar-refractivity contribution < 1.29 is 8.92 Å². The molecule has 0 spiro atoms. The van der Waals surface area contributed by atoms with Crippen LogP contribution in [0.5, 0.6) is 0 Å². The van der Waals surface area contributed by atoms with E-state index in [4.69, 9.17) is 8.92 Å². The number of hydrogen-bond donors (Lipinski definition) is 1. The second kappa shape index (κ2) is 5.77. The molecule has 0 saturated carbocycles. The normalized spacial score (nSPS) is 12.6. The average Bonchev–Trinajstić information content (AvgIpc) is 2.11. The third kappa shape index (κ3) is 3.05. The number of allylic oxidation sites excluding steroid dienone is 1. The Kier molecular flexibility index (Phi) is 5.37. The topological polar surface area (TPSA) is 18.5 Å². The fraction of sp³-hybridized carbons (Fsp3) is 0.333. The summed E-state index contributed by atoms with van der Waals surface area (Å²) in [5, 5.41) is 0. The van der Waals surface area contributed by atoms with Gasteiger partial charge in [-0.05, 0) is 6.92 Å². The van der Waals surface area contributed by atoms with Gasteiger partial charge in [0.15, 0.2) is 0 Å². The van der Waals surface area contributed by atoms with E-state index < -0.39 is 0 Å². The molecule has 2 nitrogen and oxygen atoms in total. The summed E-state index contributed by atoms with van der Waals surface area (Å²) in [4.78, 5) is 0. The minimum Gasteiger partial charge on any atom is -0.501 e. The zero-order valence-electron chi connectivity index (χ0n) is 7.41. The van der Waals surface area contributed by atoms with Crippen LogP contribution in [0.3, 0.4) is 0 Å². The molecule has 0 N–H and O–H groups in total. The molecule has 0 bridgehead atoms. The standard InChI is InChI=1S/C9H14O2S/c1-5-6-9(7(2)10-4)8(3)11-12/h5-6,9,12H,2-3H2,1,4H3/b6-5-. The zero-order valence-corrected chi connectivity index (χ0v) is 8.30. The second-order valence-electron chi connectivity index (χ2n) is 2.23. The van der Waals surface area contributed by atoms with E-state index in [9.17, 15) is 0 Å². The molecule has 0 aliphatic rings. The van der Waals surface area contributed by atoms with Crippen molar-refractivity contribution in [1.29, 1.82) is 0 Å². The Bertz CT molecular complexity index is 181. The Balaban J connectivity index is 4.43. The molecule has 0 amide bonds. The summed E-state index contributed by atoms with van der Waals surface area (Å²) in [6, 6.07) is 0. The summed E-state index contributed by atoms with van der Waals surface area (Å²) < 4.78 is 9.66. The number of thiol groups is 1. The molecule has 68 valence electrons. The highest BCUT2D eigenvalue weighted by atomic mass is 32.1. The molecule has 1 atom stereocenters. The smallest absolute Gasteiger partial charge is 0.121 e. The first kappa shape index (κ1) is 11.2. The van der Waals surface area contributed by atoms with Gasteiger partial charge in [-0.3, -0.25) is 0 Å². The van der Waals surface area contributed by atoms with Crippen LogP contribution in [0.4, 0.5) is 0 Å². The lowest BCUT2D eigenvalue weighted by Crippen LogP contribution is -2.04. The van der Waals surface area contributed by atoms with Crippen LogP contribution < -0.4 is 0 Å². The van der Waals surface area contributed by atoms with Crippen molar-refractivity contribution in [3.63, 3.8) is 0 Å². The molecule has 0 fully saturated rings. The Morgan fingerprint density at radius 2 is 2.00 bits per heavy atom. The molecule has 0 saturated heterocycles. The minimum atomic E-state index is -0.127. The van der Waals surface area contributed by atoms with Crippen molar-refractivity contribution in [3.8, 4) is 0 Å². The van der Waals surface area contributed by atoms with Gasteiger partial charge in [-0.15, -0.1) is 0 Å². The maximum atomic E-state index is 4.97. The predicted octanol–water partition coefficient (Wildman–Crippen LogP) is 2.71. The first-order valence-corrected chi connectivity index (χ1v) is 3.89. The molecular formula is C9H14O2S. The zero-order chi connectivity index (χ0) is 9.56. The predicted molar refractivity (Wildman–Crippen MR) is 53.7 cm³/mol. The van der Waals surface area contributed by atoms with E-state index in [0.717, 1.165) is 0 Å². The van der Waals surface area contributed by atoms with Gasteiger partial charge in [-0.2, -0.15) is 0 Å². The molecule has 1 unspecified atom stereocenters. The summed E-state index contributed by atoms with van der Waals surface area (Å²) in [7, 11) is 1.56. The van der Waals surface area contributed by atoms with Crippen LogP contribution in [0.1, 0.15) is 6.92 Å². The largest absolute Gasteiger partial charge is 0.501 e. The van der Waals surface area contributed by atoms with E-state index in [0.29, 0.717) is 11.5 Å². The molecule has 0 rings (SSSR count). The monoisotopic (exact) mass is 186 g/mol. The van der Waals surface area contributed by atoms with E-state index in [1.54, 1.807) is 7.11 Å². The quantitative estimate of drug-likeness (QED) is 0.308. The van der Waals surface area contributed by atoms with Gasteiger partial charge in [-0.25, -0.2) is 0 Å². The highest BCUT2D eigenvalue weighted by Gasteiger charge is 2.14. The molecule has 0 aliphatic heterocycles. The number of rotatable bonds is 5. The summed E-state index contributed by atoms with van der Waals surface area (Å²) in [6.45, 7) is 9.29. The number of methoxy groups -OCH3 is 1. The maximum Gasteiger partial charge on any atom is 0.121 e. The molecule has 0 radical (unpaired) electrons. The van der Waals surface area contributed by atoms with Crippen LogP contribution in [-0.2, 0) is 8.92 Å². The fourth-order valence-corrected chi connectivity index (χ4v) is 0.884. The van der Waals surface area contributed by atoms with Crippen molar-refractivity contribution in [3.05, 3.63) is 36.8 Å². The Labute approximate surface area is 79.2 Å². The summed E-state index contributed by atoms with van der Waals surface area (Å²) >= 11 is 3.65. The number of hydrogen-bond acceptors (Lipinski definition) is 3. The van der Waals surface area contributed by atoms with E-state index in [1.807, 2.05) is 19.1 Å². The molecule has 12 heavy (non-hydrogen) atoms. The second-order valence-corrected chi connectivity index (χ2v) is 2.41. The van der Waals surface area contributed by atoms with Gasteiger partial charge in [0.1, 0.15) is 11.5 Å². The van der Waals surface area contributed by atoms with Crippen molar-refractivity contribution in [2.75, 3.05) is 7.11 Å². The van der Waals surface area contributed by atoms with Gasteiger partial charge < -0.3 is 8.92 Å². The van der Waals surface area contributed by atoms with Gasteiger partial charge in [-0.1, -0.05) is 25.3 Å². The van der Waals surface area contributed by atoms with Crippen LogP contribution in [0, 0.1) is 5.92 Å². The van der Waals surface area contributed by atoms with Crippen LogP contribution in [0.15, 0.2) is 36.8 Å². The van der Waals surface area contributed by atoms with Gasteiger partial charge in [0.2, 0.25) is 0 Å². The maximum absolute atomic E-state index is 4.97. The highest BCUT2D eigenvalue weighted by molar-refractivity contribution is 7.75. The van der Waals surface area contributed by atoms with Crippen molar-refractivity contribution >= 4 is 12.9 Å². The summed E-state index contributed by atoms with van der Waals surface area (Å²) in [5.41, 5.74) is 0. The molecular weight excluding hydrogens is 172 g/mol.